The molecule has 7 heteroatoms. The van der Waals surface area contributed by atoms with Crippen molar-refractivity contribution in [1.82, 2.24) is 0 Å². The molecule has 0 aliphatic heterocycles. The second-order valence-corrected chi connectivity index (χ2v) is 3.51. The Balaban J connectivity index is 4.14. The van der Waals surface area contributed by atoms with Gasteiger partial charge in [0.25, 0.3) is 0 Å². The molecule has 0 aromatic rings. The molecule has 0 aromatic heterocycles. The van der Waals surface area contributed by atoms with E-state index >= 15 is 0 Å². The highest BCUT2D eigenvalue weighted by Crippen LogP contribution is 1.99. The Kier molecular flexibility index (Phi) is 7.34. The molecule has 1 atom stereocenters. The van der Waals surface area contributed by atoms with Gasteiger partial charge in [-0.3, -0.25) is 14.6 Å². The molecule has 0 aliphatic carbocycles. The van der Waals surface area contributed by atoms with Crippen molar-refractivity contribution in [2.24, 2.45) is 4.99 Å². The van der Waals surface area contributed by atoms with E-state index in [1.807, 2.05) is 0 Å². The lowest BCUT2D eigenvalue weighted by molar-refractivity contribution is -0.165. The molecule has 0 fully saturated rings. The van der Waals surface area contributed by atoms with Crippen LogP contribution in [0.15, 0.2) is 4.99 Å². The third kappa shape index (κ3) is 7.37. The number of aliphatic imine (C=N–C) groups is 1. The molecule has 0 aliphatic rings. The SMILES string of the molecule is CCOC(=O)C(C)OC(=O)CC(C)=NCC(=O)O. The lowest BCUT2D eigenvalue weighted by atomic mass is 10.3. The number of carbonyl (C=O) groups is 3. The van der Waals surface area contributed by atoms with Crippen LogP contribution in [-0.4, -0.2) is 48.0 Å². The summed E-state index contributed by atoms with van der Waals surface area (Å²) in [6, 6.07) is 0. The van der Waals surface area contributed by atoms with Crippen molar-refractivity contribution >= 4 is 23.6 Å². The third-order valence-electron chi connectivity index (χ3n) is 1.81. The first-order valence-electron chi connectivity index (χ1n) is 5.44. The number of rotatable bonds is 7. The van der Waals surface area contributed by atoms with E-state index in [2.05, 4.69) is 9.73 Å². The van der Waals surface area contributed by atoms with Crippen LogP contribution in [-0.2, 0) is 23.9 Å². The zero-order valence-corrected chi connectivity index (χ0v) is 10.6. The second kappa shape index (κ2) is 8.21. The van der Waals surface area contributed by atoms with Crippen molar-refractivity contribution in [3.8, 4) is 0 Å². The molecule has 18 heavy (non-hydrogen) atoms. The van der Waals surface area contributed by atoms with Gasteiger partial charge in [-0.2, -0.15) is 0 Å². The lowest BCUT2D eigenvalue weighted by Gasteiger charge is -2.11. The number of hydrogen-bond donors (Lipinski definition) is 1. The smallest absolute Gasteiger partial charge is 0.347 e. The zero-order valence-electron chi connectivity index (χ0n) is 10.6. The summed E-state index contributed by atoms with van der Waals surface area (Å²) in [6.45, 7) is 4.38. The number of esters is 2. The zero-order chi connectivity index (χ0) is 14.1. The fourth-order valence-electron chi connectivity index (χ4n) is 1.01. The fourth-order valence-corrected chi connectivity index (χ4v) is 1.01. The highest BCUT2D eigenvalue weighted by atomic mass is 16.6. The largest absolute Gasteiger partial charge is 0.480 e. The summed E-state index contributed by atoms with van der Waals surface area (Å²) in [4.78, 5) is 36.4. The fraction of sp³-hybridized carbons (Fsp3) is 0.636. The van der Waals surface area contributed by atoms with Gasteiger partial charge in [-0.05, 0) is 20.8 Å². The predicted molar refractivity (Wildman–Crippen MR) is 62.4 cm³/mol. The highest BCUT2D eigenvalue weighted by Gasteiger charge is 2.19. The van der Waals surface area contributed by atoms with E-state index in [-0.39, 0.29) is 13.0 Å². The first-order chi connectivity index (χ1) is 8.36. The van der Waals surface area contributed by atoms with Gasteiger partial charge in [0.15, 0.2) is 6.10 Å². The number of carbonyl (C=O) groups excluding carboxylic acids is 2. The van der Waals surface area contributed by atoms with Gasteiger partial charge in [0, 0.05) is 5.71 Å². The van der Waals surface area contributed by atoms with Crippen molar-refractivity contribution in [1.29, 1.82) is 0 Å². The van der Waals surface area contributed by atoms with Gasteiger partial charge in [-0.15, -0.1) is 0 Å². The molecule has 0 aromatic carbocycles. The highest BCUT2D eigenvalue weighted by molar-refractivity contribution is 5.98. The van der Waals surface area contributed by atoms with Crippen LogP contribution < -0.4 is 0 Å². The van der Waals surface area contributed by atoms with Crippen LogP contribution in [0.2, 0.25) is 0 Å². The number of ether oxygens (including phenoxy) is 2. The van der Waals surface area contributed by atoms with Gasteiger partial charge in [0.2, 0.25) is 0 Å². The molecule has 1 unspecified atom stereocenters. The number of nitrogens with zero attached hydrogens (tertiary/aromatic N) is 1. The minimum absolute atomic E-state index is 0.156. The maximum absolute atomic E-state index is 11.4. The summed E-state index contributed by atoms with van der Waals surface area (Å²) in [5.41, 5.74) is 0.332. The van der Waals surface area contributed by atoms with E-state index in [1.54, 1.807) is 6.92 Å². The van der Waals surface area contributed by atoms with Crippen molar-refractivity contribution < 1.29 is 29.0 Å². The predicted octanol–water partition coefficient (Wildman–Crippen LogP) is 0.417. The Labute approximate surface area is 105 Å². The third-order valence-corrected chi connectivity index (χ3v) is 1.81. The van der Waals surface area contributed by atoms with Crippen LogP contribution in [0.1, 0.15) is 27.2 Å². The maximum atomic E-state index is 11.4. The first-order valence-corrected chi connectivity index (χ1v) is 5.44. The number of carboxylic acid groups (broad SMARTS) is 1. The minimum Gasteiger partial charge on any atom is -0.480 e. The summed E-state index contributed by atoms with van der Waals surface area (Å²) >= 11 is 0. The van der Waals surface area contributed by atoms with Crippen molar-refractivity contribution in [3.63, 3.8) is 0 Å². The van der Waals surface area contributed by atoms with Crippen LogP contribution in [0.4, 0.5) is 0 Å². The molecule has 0 amide bonds. The Hall–Kier alpha value is -1.92. The molecule has 0 heterocycles. The molecule has 0 rings (SSSR count). The van der Waals surface area contributed by atoms with Crippen LogP contribution in [0.25, 0.3) is 0 Å². The number of aliphatic carboxylic acids is 1. The van der Waals surface area contributed by atoms with Crippen LogP contribution in [0.3, 0.4) is 0 Å². The summed E-state index contributed by atoms with van der Waals surface area (Å²) in [5.74, 6) is -2.35. The van der Waals surface area contributed by atoms with Gasteiger partial charge in [-0.25, -0.2) is 4.79 Å². The molecule has 1 N–H and O–H groups in total. The van der Waals surface area contributed by atoms with E-state index in [1.165, 1.54) is 13.8 Å². The van der Waals surface area contributed by atoms with Crippen LogP contribution in [0, 0.1) is 0 Å². The van der Waals surface area contributed by atoms with Crippen molar-refractivity contribution in [2.75, 3.05) is 13.2 Å². The van der Waals surface area contributed by atoms with E-state index in [9.17, 15) is 14.4 Å². The molecule has 0 saturated carbocycles. The average Bonchev–Trinajstić information content (AvgIpc) is 2.26. The second-order valence-electron chi connectivity index (χ2n) is 3.51. The Morgan fingerprint density at radius 2 is 1.94 bits per heavy atom. The molecule has 0 saturated heterocycles. The topological polar surface area (TPSA) is 102 Å². The van der Waals surface area contributed by atoms with E-state index in [4.69, 9.17) is 9.84 Å². The molecule has 0 bridgehead atoms. The summed E-state index contributed by atoms with van der Waals surface area (Å²) in [6.07, 6.45) is -1.14. The van der Waals surface area contributed by atoms with E-state index < -0.39 is 30.6 Å². The van der Waals surface area contributed by atoms with Crippen LogP contribution in [0.5, 0.6) is 0 Å². The Morgan fingerprint density at radius 1 is 1.33 bits per heavy atom. The molecule has 102 valence electrons. The Morgan fingerprint density at radius 3 is 2.44 bits per heavy atom. The van der Waals surface area contributed by atoms with Gasteiger partial charge >= 0.3 is 17.9 Å². The molecule has 7 nitrogen and oxygen atoms in total. The van der Waals surface area contributed by atoms with E-state index in [0.717, 1.165) is 0 Å². The van der Waals surface area contributed by atoms with E-state index in [0.29, 0.717) is 5.71 Å². The van der Waals surface area contributed by atoms with Gasteiger partial charge in [-0.1, -0.05) is 0 Å². The van der Waals surface area contributed by atoms with Gasteiger partial charge in [0.1, 0.15) is 6.54 Å². The lowest BCUT2D eigenvalue weighted by Crippen LogP contribution is -2.27. The molecular formula is C11H17NO6. The normalized spacial score (nSPS) is 12.7. The average molecular weight is 259 g/mol. The maximum Gasteiger partial charge on any atom is 0.347 e. The van der Waals surface area contributed by atoms with Crippen LogP contribution >= 0.6 is 0 Å². The number of carboxylic acids is 1. The minimum atomic E-state index is -1.08. The van der Waals surface area contributed by atoms with Crippen molar-refractivity contribution in [3.05, 3.63) is 0 Å². The number of hydrogen-bond acceptors (Lipinski definition) is 6. The monoisotopic (exact) mass is 259 g/mol. The molecule has 0 spiro atoms. The van der Waals surface area contributed by atoms with Crippen molar-refractivity contribution in [2.45, 2.75) is 33.3 Å². The summed E-state index contributed by atoms with van der Waals surface area (Å²) < 4.78 is 9.46. The summed E-state index contributed by atoms with van der Waals surface area (Å²) in [7, 11) is 0. The summed E-state index contributed by atoms with van der Waals surface area (Å²) in [5, 5.41) is 8.39. The quantitative estimate of drug-likeness (QED) is 0.525. The first kappa shape index (κ1) is 16.1. The Bertz CT molecular complexity index is 349. The standard InChI is InChI=1S/C11H17NO6/c1-4-17-11(16)8(3)18-10(15)5-7(2)12-6-9(13)14/h8H,4-6H2,1-3H3,(H,13,14). The molecule has 0 radical (unpaired) electrons. The molecular weight excluding hydrogens is 242 g/mol. The van der Waals surface area contributed by atoms with Gasteiger partial charge in [0.05, 0.1) is 13.0 Å². The van der Waals surface area contributed by atoms with Gasteiger partial charge < -0.3 is 14.6 Å².